The first kappa shape index (κ1) is 20.7. The Hall–Kier alpha value is -2.60. The van der Waals surface area contributed by atoms with Crippen LogP contribution in [0.3, 0.4) is 0 Å². The number of benzene rings is 1. The van der Waals surface area contributed by atoms with Gasteiger partial charge in [0.1, 0.15) is 6.10 Å². The second-order valence-corrected chi connectivity index (χ2v) is 8.33. The Morgan fingerprint density at radius 1 is 1.07 bits per heavy atom. The SMILES string of the molecule is O=C(NCc1ccnc(OC2CCCCC2)c1)c1ccc(N2CCC(O)CC2)cc1. The van der Waals surface area contributed by atoms with Gasteiger partial charge in [-0.05, 0) is 74.4 Å². The summed E-state index contributed by atoms with van der Waals surface area (Å²) in [6.07, 6.45) is 9.32. The molecule has 1 aliphatic carbocycles. The fourth-order valence-electron chi connectivity index (χ4n) is 4.21. The van der Waals surface area contributed by atoms with E-state index in [0.717, 1.165) is 50.0 Å². The summed E-state index contributed by atoms with van der Waals surface area (Å²) in [7, 11) is 0. The number of anilines is 1. The monoisotopic (exact) mass is 409 g/mol. The molecule has 2 N–H and O–H groups in total. The van der Waals surface area contributed by atoms with E-state index in [-0.39, 0.29) is 18.1 Å². The molecule has 1 amide bonds. The summed E-state index contributed by atoms with van der Waals surface area (Å²) in [5.41, 5.74) is 2.72. The number of hydrogen-bond donors (Lipinski definition) is 2. The maximum absolute atomic E-state index is 12.5. The van der Waals surface area contributed by atoms with E-state index in [0.29, 0.717) is 18.0 Å². The minimum atomic E-state index is -0.187. The van der Waals surface area contributed by atoms with Crippen molar-refractivity contribution in [1.29, 1.82) is 0 Å². The van der Waals surface area contributed by atoms with Crippen LogP contribution in [0.4, 0.5) is 5.69 Å². The van der Waals surface area contributed by atoms with Crippen LogP contribution < -0.4 is 15.0 Å². The fraction of sp³-hybridized carbons (Fsp3) is 0.500. The molecule has 4 rings (SSSR count). The zero-order valence-electron chi connectivity index (χ0n) is 17.4. The Balaban J connectivity index is 1.29. The summed E-state index contributed by atoms with van der Waals surface area (Å²) in [6.45, 7) is 2.13. The second kappa shape index (κ2) is 9.94. The molecule has 1 saturated carbocycles. The summed E-state index contributed by atoms with van der Waals surface area (Å²) in [5.74, 6) is 0.548. The number of hydrogen-bond acceptors (Lipinski definition) is 5. The number of pyridine rings is 1. The molecule has 2 fully saturated rings. The highest BCUT2D eigenvalue weighted by atomic mass is 16.5. The van der Waals surface area contributed by atoms with Gasteiger partial charge < -0.3 is 20.1 Å². The summed E-state index contributed by atoms with van der Waals surface area (Å²) < 4.78 is 6.02. The largest absolute Gasteiger partial charge is 0.474 e. The molecule has 0 radical (unpaired) electrons. The molecule has 6 nitrogen and oxygen atoms in total. The molecule has 160 valence electrons. The van der Waals surface area contributed by atoms with Crippen molar-refractivity contribution in [2.24, 2.45) is 0 Å². The third kappa shape index (κ3) is 5.51. The molecular formula is C24H31N3O3. The molecule has 2 heterocycles. The molecular weight excluding hydrogens is 378 g/mol. The smallest absolute Gasteiger partial charge is 0.251 e. The lowest BCUT2D eigenvalue weighted by molar-refractivity contribution is 0.0950. The predicted molar refractivity (Wildman–Crippen MR) is 117 cm³/mol. The number of rotatable bonds is 6. The van der Waals surface area contributed by atoms with Gasteiger partial charge in [-0.25, -0.2) is 4.98 Å². The third-order valence-electron chi connectivity index (χ3n) is 6.05. The van der Waals surface area contributed by atoms with E-state index >= 15 is 0 Å². The van der Waals surface area contributed by atoms with Crippen LogP contribution in [0.25, 0.3) is 0 Å². The first-order chi connectivity index (χ1) is 14.7. The van der Waals surface area contributed by atoms with Gasteiger partial charge in [-0.1, -0.05) is 6.42 Å². The standard InChI is InChI=1S/C24H31N3O3/c28-21-11-14-27(15-12-21)20-8-6-19(7-9-20)24(29)26-17-18-10-13-25-23(16-18)30-22-4-2-1-3-5-22/h6-10,13,16,21-22,28H,1-5,11-12,14-15,17H2,(H,26,29). The summed E-state index contributed by atoms with van der Waals surface area (Å²) in [5, 5.41) is 12.6. The lowest BCUT2D eigenvalue weighted by Crippen LogP contribution is -2.35. The van der Waals surface area contributed by atoms with Gasteiger partial charge in [-0.15, -0.1) is 0 Å². The number of nitrogens with zero attached hydrogens (tertiary/aromatic N) is 2. The molecule has 30 heavy (non-hydrogen) atoms. The summed E-state index contributed by atoms with van der Waals surface area (Å²) >= 11 is 0. The van der Waals surface area contributed by atoms with E-state index in [1.807, 2.05) is 36.4 Å². The van der Waals surface area contributed by atoms with Crippen molar-refractivity contribution in [2.75, 3.05) is 18.0 Å². The van der Waals surface area contributed by atoms with Gasteiger partial charge in [0, 0.05) is 43.1 Å². The zero-order chi connectivity index (χ0) is 20.8. The molecule has 0 atom stereocenters. The summed E-state index contributed by atoms with van der Waals surface area (Å²) in [6, 6.07) is 11.5. The normalized spacial score (nSPS) is 18.2. The molecule has 1 aromatic heterocycles. The topological polar surface area (TPSA) is 74.7 Å². The van der Waals surface area contributed by atoms with E-state index in [1.165, 1.54) is 19.3 Å². The van der Waals surface area contributed by atoms with Gasteiger partial charge in [0.2, 0.25) is 5.88 Å². The molecule has 0 unspecified atom stereocenters. The van der Waals surface area contributed by atoms with E-state index in [2.05, 4.69) is 15.2 Å². The highest BCUT2D eigenvalue weighted by Crippen LogP contribution is 2.23. The van der Waals surface area contributed by atoms with Crippen LogP contribution in [0.15, 0.2) is 42.6 Å². The van der Waals surface area contributed by atoms with Crippen LogP contribution in [0.2, 0.25) is 0 Å². The Morgan fingerprint density at radius 3 is 2.53 bits per heavy atom. The highest BCUT2D eigenvalue weighted by molar-refractivity contribution is 5.94. The Bertz CT molecular complexity index is 826. The number of aromatic nitrogens is 1. The van der Waals surface area contributed by atoms with Crippen LogP contribution in [0.5, 0.6) is 5.88 Å². The molecule has 0 spiro atoms. The quantitative estimate of drug-likeness (QED) is 0.761. The first-order valence-electron chi connectivity index (χ1n) is 11.1. The third-order valence-corrected chi connectivity index (χ3v) is 6.05. The molecule has 1 aliphatic heterocycles. The first-order valence-corrected chi connectivity index (χ1v) is 11.1. The van der Waals surface area contributed by atoms with Crippen molar-refractivity contribution in [3.8, 4) is 5.88 Å². The van der Waals surface area contributed by atoms with Crippen molar-refractivity contribution >= 4 is 11.6 Å². The maximum atomic E-state index is 12.5. The Kier molecular flexibility index (Phi) is 6.84. The number of nitrogens with one attached hydrogen (secondary N) is 1. The van der Waals surface area contributed by atoms with Gasteiger partial charge in [-0.3, -0.25) is 4.79 Å². The molecule has 2 aliphatic rings. The van der Waals surface area contributed by atoms with E-state index < -0.39 is 0 Å². The van der Waals surface area contributed by atoms with Crippen LogP contribution in [-0.2, 0) is 6.54 Å². The zero-order valence-corrected chi connectivity index (χ0v) is 17.4. The molecule has 1 aromatic carbocycles. The average molecular weight is 410 g/mol. The van der Waals surface area contributed by atoms with E-state index in [4.69, 9.17) is 4.74 Å². The van der Waals surface area contributed by atoms with Gasteiger partial charge in [0.25, 0.3) is 5.91 Å². The fourth-order valence-corrected chi connectivity index (χ4v) is 4.21. The number of aliphatic hydroxyl groups is 1. The molecule has 1 saturated heterocycles. The van der Waals surface area contributed by atoms with Crippen molar-refractivity contribution < 1.29 is 14.6 Å². The number of ether oxygens (including phenoxy) is 1. The number of carbonyl (C=O) groups excluding carboxylic acids is 1. The highest BCUT2D eigenvalue weighted by Gasteiger charge is 2.18. The predicted octanol–water partition coefficient (Wildman–Crippen LogP) is 3.68. The van der Waals surface area contributed by atoms with Crippen LogP contribution >= 0.6 is 0 Å². The number of aliphatic hydroxyl groups excluding tert-OH is 1. The van der Waals surface area contributed by atoms with Crippen LogP contribution in [-0.4, -0.2) is 41.3 Å². The Labute approximate surface area is 178 Å². The lowest BCUT2D eigenvalue weighted by atomic mass is 9.98. The number of piperidine rings is 1. The number of amides is 1. The van der Waals surface area contributed by atoms with Crippen LogP contribution in [0.1, 0.15) is 60.9 Å². The van der Waals surface area contributed by atoms with E-state index in [9.17, 15) is 9.90 Å². The van der Waals surface area contributed by atoms with Gasteiger partial charge in [-0.2, -0.15) is 0 Å². The second-order valence-electron chi connectivity index (χ2n) is 8.33. The van der Waals surface area contributed by atoms with Crippen molar-refractivity contribution in [3.05, 3.63) is 53.7 Å². The van der Waals surface area contributed by atoms with Crippen LogP contribution in [0, 0.1) is 0 Å². The molecule has 6 heteroatoms. The van der Waals surface area contributed by atoms with Gasteiger partial charge in [0.15, 0.2) is 0 Å². The molecule has 0 bridgehead atoms. The van der Waals surface area contributed by atoms with Gasteiger partial charge in [0.05, 0.1) is 6.10 Å². The van der Waals surface area contributed by atoms with Crippen molar-refractivity contribution in [1.82, 2.24) is 10.3 Å². The Morgan fingerprint density at radius 2 is 1.80 bits per heavy atom. The minimum absolute atomic E-state index is 0.0952. The van der Waals surface area contributed by atoms with E-state index in [1.54, 1.807) is 6.20 Å². The van der Waals surface area contributed by atoms with Crippen molar-refractivity contribution in [2.45, 2.75) is 63.7 Å². The van der Waals surface area contributed by atoms with Gasteiger partial charge >= 0.3 is 0 Å². The van der Waals surface area contributed by atoms with Crippen molar-refractivity contribution in [3.63, 3.8) is 0 Å². The average Bonchev–Trinajstić information content (AvgIpc) is 2.79. The maximum Gasteiger partial charge on any atom is 0.251 e. The molecule has 2 aromatic rings. The summed E-state index contributed by atoms with van der Waals surface area (Å²) in [4.78, 5) is 19.1. The number of carbonyl (C=O) groups is 1. The minimum Gasteiger partial charge on any atom is -0.474 e. The lowest BCUT2D eigenvalue weighted by Gasteiger charge is -2.31.